The summed E-state index contributed by atoms with van der Waals surface area (Å²) < 4.78 is 0. The van der Waals surface area contributed by atoms with E-state index >= 15 is 0 Å². The molecule has 0 aromatic heterocycles. The van der Waals surface area contributed by atoms with Gasteiger partial charge in [0, 0.05) is 37.3 Å². The van der Waals surface area contributed by atoms with Crippen LogP contribution in [0.25, 0.3) is 0 Å². The van der Waals surface area contributed by atoms with Crippen LogP contribution in [0.5, 0.6) is 0 Å². The highest BCUT2D eigenvalue weighted by molar-refractivity contribution is 6.21. The summed E-state index contributed by atoms with van der Waals surface area (Å²) in [5.74, 6) is -0.763. The van der Waals surface area contributed by atoms with E-state index in [0.29, 0.717) is 36.2 Å². The van der Waals surface area contributed by atoms with E-state index in [-0.39, 0.29) is 36.4 Å². The summed E-state index contributed by atoms with van der Waals surface area (Å²) in [6.45, 7) is 2.52. The Hall–Kier alpha value is -3.55. The van der Waals surface area contributed by atoms with Crippen LogP contribution in [0, 0.1) is 17.0 Å². The highest BCUT2D eigenvalue weighted by Gasteiger charge is 2.35. The first-order chi connectivity index (χ1) is 13.9. The van der Waals surface area contributed by atoms with Crippen LogP contribution in [0.3, 0.4) is 0 Å². The fourth-order valence-corrected chi connectivity index (χ4v) is 3.89. The van der Waals surface area contributed by atoms with E-state index in [1.165, 1.54) is 17.0 Å². The van der Waals surface area contributed by atoms with E-state index < -0.39 is 4.92 Å². The average molecular weight is 393 g/mol. The molecular weight excluding hydrogens is 374 g/mol. The second kappa shape index (κ2) is 7.12. The van der Waals surface area contributed by atoms with Crippen molar-refractivity contribution in [3.8, 4) is 0 Å². The summed E-state index contributed by atoms with van der Waals surface area (Å²) in [6.07, 6.45) is 1.12. The monoisotopic (exact) mass is 393 g/mol. The molecule has 4 rings (SSSR count). The van der Waals surface area contributed by atoms with Crippen molar-refractivity contribution < 1.29 is 19.3 Å². The first-order valence-corrected chi connectivity index (χ1v) is 9.41. The Bertz CT molecular complexity index is 1060. The molecule has 0 spiro atoms. The van der Waals surface area contributed by atoms with Crippen LogP contribution in [-0.4, -0.2) is 40.6 Å². The van der Waals surface area contributed by atoms with Crippen molar-refractivity contribution in [2.24, 2.45) is 0 Å². The number of hydrogen-bond donors (Lipinski definition) is 0. The Morgan fingerprint density at radius 1 is 1.10 bits per heavy atom. The third-order valence-corrected chi connectivity index (χ3v) is 5.37. The maximum Gasteiger partial charge on any atom is 0.269 e. The number of rotatable bonds is 5. The summed E-state index contributed by atoms with van der Waals surface area (Å²) >= 11 is 0. The smallest absolute Gasteiger partial charge is 0.269 e. The predicted molar refractivity (Wildman–Crippen MR) is 105 cm³/mol. The van der Waals surface area contributed by atoms with Crippen molar-refractivity contribution in [1.82, 2.24) is 4.90 Å². The number of nitrogens with zero attached hydrogens (tertiary/aromatic N) is 3. The van der Waals surface area contributed by atoms with Crippen molar-refractivity contribution in [1.29, 1.82) is 0 Å². The van der Waals surface area contributed by atoms with Gasteiger partial charge in [0.05, 0.1) is 16.1 Å². The minimum absolute atomic E-state index is 0.0129. The minimum Gasteiger partial charge on any atom is -0.312 e. The standard InChI is InChI=1S/C21H19N3O5/c1-13-4-6-16-17(11-13)21(27)23(20(16)26)9-2-3-19(25)22-10-8-14-12-15(24(28)29)5-7-18(14)22/h4-7,11-12H,2-3,8-10H2,1H3. The van der Waals surface area contributed by atoms with E-state index in [0.717, 1.165) is 11.1 Å². The van der Waals surface area contributed by atoms with Gasteiger partial charge < -0.3 is 4.90 Å². The van der Waals surface area contributed by atoms with Gasteiger partial charge in [-0.15, -0.1) is 0 Å². The quantitative estimate of drug-likeness (QED) is 0.442. The van der Waals surface area contributed by atoms with E-state index in [1.807, 2.05) is 6.92 Å². The molecule has 0 aliphatic carbocycles. The van der Waals surface area contributed by atoms with Gasteiger partial charge in [0.1, 0.15) is 0 Å². The lowest BCUT2D eigenvalue weighted by atomic mass is 10.1. The zero-order valence-corrected chi connectivity index (χ0v) is 15.9. The number of amides is 3. The Kier molecular flexibility index (Phi) is 4.62. The third kappa shape index (κ3) is 3.26. The fourth-order valence-electron chi connectivity index (χ4n) is 3.89. The lowest BCUT2D eigenvalue weighted by Gasteiger charge is -2.18. The predicted octanol–water partition coefficient (Wildman–Crippen LogP) is 2.87. The second-order valence-electron chi connectivity index (χ2n) is 7.28. The molecular formula is C21H19N3O5. The summed E-state index contributed by atoms with van der Waals surface area (Å²) in [5, 5.41) is 10.9. The summed E-state index contributed by atoms with van der Waals surface area (Å²) in [5.41, 5.74) is 3.22. The van der Waals surface area contributed by atoms with Crippen molar-refractivity contribution in [2.45, 2.75) is 26.2 Å². The highest BCUT2D eigenvalue weighted by Crippen LogP contribution is 2.32. The van der Waals surface area contributed by atoms with Gasteiger partial charge in [0.15, 0.2) is 0 Å². The molecule has 0 atom stereocenters. The number of fused-ring (bicyclic) bond motifs is 2. The zero-order chi connectivity index (χ0) is 20.7. The highest BCUT2D eigenvalue weighted by atomic mass is 16.6. The maximum absolute atomic E-state index is 12.6. The molecule has 8 nitrogen and oxygen atoms in total. The molecule has 3 amide bonds. The number of aryl methyl sites for hydroxylation is 1. The van der Waals surface area contributed by atoms with Gasteiger partial charge in [-0.1, -0.05) is 11.6 Å². The van der Waals surface area contributed by atoms with Crippen LogP contribution >= 0.6 is 0 Å². The van der Waals surface area contributed by atoms with E-state index in [9.17, 15) is 24.5 Å². The Morgan fingerprint density at radius 2 is 1.86 bits per heavy atom. The average Bonchev–Trinajstić information content (AvgIpc) is 3.22. The molecule has 0 saturated carbocycles. The van der Waals surface area contributed by atoms with Gasteiger partial charge in [-0.25, -0.2) is 0 Å². The van der Waals surface area contributed by atoms with E-state index in [1.54, 1.807) is 29.2 Å². The number of imide groups is 1. The topological polar surface area (TPSA) is 101 Å². The Labute approximate surface area is 166 Å². The molecule has 148 valence electrons. The van der Waals surface area contributed by atoms with Crippen LogP contribution in [-0.2, 0) is 11.2 Å². The number of carbonyl (C=O) groups excluding carboxylic acids is 3. The molecule has 0 saturated heterocycles. The van der Waals surface area contributed by atoms with Crippen LogP contribution < -0.4 is 4.90 Å². The van der Waals surface area contributed by atoms with Gasteiger partial charge in [-0.2, -0.15) is 0 Å². The minimum atomic E-state index is -0.450. The lowest BCUT2D eigenvalue weighted by molar-refractivity contribution is -0.384. The van der Waals surface area contributed by atoms with Crippen molar-refractivity contribution in [3.05, 3.63) is 68.8 Å². The van der Waals surface area contributed by atoms with E-state index in [2.05, 4.69) is 0 Å². The summed E-state index contributed by atoms with van der Waals surface area (Å²) in [7, 11) is 0. The molecule has 2 aromatic carbocycles. The molecule has 8 heteroatoms. The molecule has 0 bridgehead atoms. The Morgan fingerprint density at radius 3 is 2.62 bits per heavy atom. The number of nitro groups is 1. The molecule has 0 unspecified atom stereocenters. The van der Waals surface area contributed by atoms with Crippen molar-refractivity contribution in [3.63, 3.8) is 0 Å². The van der Waals surface area contributed by atoms with Gasteiger partial charge in [-0.05, 0) is 43.5 Å². The number of benzene rings is 2. The van der Waals surface area contributed by atoms with Crippen LogP contribution in [0.2, 0.25) is 0 Å². The molecule has 0 N–H and O–H groups in total. The van der Waals surface area contributed by atoms with Gasteiger partial charge in [0.25, 0.3) is 17.5 Å². The fraction of sp³-hybridized carbons (Fsp3) is 0.286. The SMILES string of the molecule is Cc1ccc2c(c1)C(=O)N(CCCC(=O)N1CCc3cc([N+](=O)[O-])ccc31)C2=O. The summed E-state index contributed by atoms with van der Waals surface area (Å²) in [4.78, 5) is 50.8. The second-order valence-corrected chi connectivity index (χ2v) is 7.28. The number of carbonyl (C=O) groups is 3. The number of nitro benzene ring substituents is 1. The van der Waals surface area contributed by atoms with Crippen LogP contribution in [0.1, 0.15) is 44.7 Å². The van der Waals surface area contributed by atoms with Gasteiger partial charge in [-0.3, -0.25) is 29.4 Å². The van der Waals surface area contributed by atoms with E-state index in [4.69, 9.17) is 0 Å². The Balaban J connectivity index is 1.38. The number of non-ortho nitro benzene ring substituents is 1. The van der Waals surface area contributed by atoms with Gasteiger partial charge >= 0.3 is 0 Å². The zero-order valence-electron chi connectivity index (χ0n) is 15.9. The van der Waals surface area contributed by atoms with Crippen molar-refractivity contribution >= 4 is 29.1 Å². The molecule has 2 heterocycles. The maximum atomic E-state index is 12.6. The molecule has 2 aliphatic rings. The first kappa shape index (κ1) is 18.8. The first-order valence-electron chi connectivity index (χ1n) is 9.41. The third-order valence-electron chi connectivity index (χ3n) is 5.37. The number of hydrogen-bond acceptors (Lipinski definition) is 5. The molecule has 0 radical (unpaired) electrons. The molecule has 0 fully saturated rings. The lowest BCUT2D eigenvalue weighted by Crippen LogP contribution is -2.33. The normalized spacial score (nSPS) is 14.9. The van der Waals surface area contributed by atoms with Crippen LogP contribution in [0.15, 0.2) is 36.4 Å². The largest absolute Gasteiger partial charge is 0.312 e. The van der Waals surface area contributed by atoms with Gasteiger partial charge in [0.2, 0.25) is 5.91 Å². The number of anilines is 1. The van der Waals surface area contributed by atoms with Crippen LogP contribution in [0.4, 0.5) is 11.4 Å². The molecule has 29 heavy (non-hydrogen) atoms. The molecule has 2 aliphatic heterocycles. The molecule has 2 aromatic rings. The van der Waals surface area contributed by atoms with Crippen molar-refractivity contribution in [2.75, 3.05) is 18.0 Å². The summed E-state index contributed by atoms with van der Waals surface area (Å²) in [6, 6.07) is 9.67.